The lowest BCUT2D eigenvalue weighted by Gasteiger charge is -2.19. The second-order valence-corrected chi connectivity index (χ2v) is 10.3. The van der Waals surface area contributed by atoms with Crippen LogP contribution in [0.25, 0.3) is 0 Å². The lowest BCUT2D eigenvalue weighted by atomic mass is 10.0. The Bertz CT molecular complexity index is 723. The summed E-state index contributed by atoms with van der Waals surface area (Å²) in [5, 5.41) is 14.6. The van der Waals surface area contributed by atoms with E-state index in [1.807, 2.05) is 30.3 Å². The van der Waals surface area contributed by atoms with Crippen molar-refractivity contribution in [3.05, 3.63) is 35.9 Å². The molecule has 0 aliphatic carbocycles. The summed E-state index contributed by atoms with van der Waals surface area (Å²) in [5.41, 5.74) is 0.809. The third-order valence-electron chi connectivity index (χ3n) is 6.82. The first-order valence-corrected chi connectivity index (χ1v) is 14.9. The number of amides is 2. The van der Waals surface area contributed by atoms with E-state index in [4.69, 9.17) is 5.11 Å². The highest BCUT2D eigenvalue weighted by Gasteiger charge is 2.22. The van der Waals surface area contributed by atoms with E-state index < -0.39 is 12.0 Å². The van der Waals surface area contributed by atoms with Crippen molar-refractivity contribution < 1.29 is 19.5 Å². The zero-order valence-electron chi connectivity index (χ0n) is 23.3. The van der Waals surface area contributed by atoms with Crippen molar-refractivity contribution >= 4 is 17.8 Å². The van der Waals surface area contributed by atoms with Crippen LogP contribution < -0.4 is 10.6 Å². The number of nitrogens with one attached hydrogen (secondary N) is 2. The van der Waals surface area contributed by atoms with Crippen LogP contribution in [0, 0.1) is 0 Å². The largest absolute Gasteiger partial charge is 0.481 e. The van der Waals surface area contributed by atoms with Crippen molar-refractivity contribution in [2.24, 2.45) is 0 Å². The molecule has 1 aromatic rings. The predicted octanol–water partition coefficient (Wildman–Crippen LogP) is 7.48. The van der Waals surface area contributed by atoms with Gasteiger partial charge in [-0.25, -0.2) is 0 Å². The smallest absolute Gasteiger partial charge is 0.303 e. The first kappa shape index (κ1) is 32.7. The Kier molecular flexibility index (Phi) is 20.1. The minimum atomic E-state index is -0.713. The number of aliphatic carboxylic acids is 1. The van der Waals surface area contributed by atoms with Gasteiger partial charge in [0.2, 0.25) is 11.8 Å². The van der Waals surface area contributed by atoms with Crippen LogP contribution in [0.1, 0.15) is 141 Å². The van der Waals surface area contributed by atoms with Gasteiger partial charge in [0.1, 0.15) is 6.04 Å². The van der Waals surface area contributed by atoms with Gasteiger partial charge in [0.15, 0.2) is 0 Å². The van der Waals surface area contributed by atoms with Crippen molar-refractivity contribution in [1.29, 1.82) is 0 Å². The van der Waals surface area contributed by atoms with E-state index in [0.717, 1.165) is 69.8 Å². The zero-order valence-corrected chi connectivity index (χ0v) is 23.3. The molecule has 2 amide bonds. The fraction of sp³-hybridized carbons (Fsp3) is 0.710. The number of carbonyl (C=O) groups is 3. The van der Waals surface area contributed by atoms with Gasteiger partial charge >= 0.3 is 5.97 Å². The van der Waals surface area contributed by atoms with E-state index in [1.54, 1.807) is 0 Å². The summed E-state index contributed by atoms with van der Waals surface area (Å²) in [6, 6.07) is 8.82. The van der Waals surface area contributed by atoms with Crippen LogP contribution >= 0.6 is 0 Å². The third kappa shape index (κ3) is 18.5. The lowest BCUT2D eigenvalue weighted by molar-refractivity contribution is -0.137. The van der Waals surface area contributed by atoms with Crippen molar-refractivity contribution in [3.8, 4) is 0 Å². The molecule has 1 rings (SSSR count). The summed E-state index contributed by atoms with van der Waals surface area (Å²) < 4.78 is 0. The zero-order chi connectivity index (χ0) is 27.0. The molecule has 6 nitrogen and oxygen atoms in total. The van der Waals surface area contributed by atoms with Crippen LogP contribution in [0.15, 0.2) is 30.3 Å². The molecule has 0 fully saturated rings. The Balaban J connectivity index is 2.24. The molecule has 0 unspecified atom stereocenters. The maximum absolute atomic E-state index is 12.9. The molecule has 0 bridgehead atoms. The molecule has 3 N–H and O–H groups in total. The van der Waals surface area contributed by atoms with E-state index in [1.165, 1.54) is 44.9 Å². The molecule has 37 heavy (non-hydrogen) atoms. The SMILES string of the molecule is CCCCCCCCCCCC(=O)N[C@H](C(=O)NCCCCCCCCCCC(=O)O)c1ccccc1. The van der Waals surface area contributed by atoms with Gasteiger partial charge in [0, 0.05) is 19.4 Å². The number of hydrogen-bond acceptors (Lipinski definition) is 3. The number of carboxylic acids is 1. The van der Waals surface area contributed by atoms with Gasteiger partial charge < -0.3 is 15.7 Å². The van der Waals surface area contributed by atoms with E-state index in [2.05, 4.69) is 17.6 Å². The Morgan fingerprint density at radius 2 is 1.16 bits per heavy atom. The van der Waals surface area contributed by atoms with Crippen LogP contribution in [0.3, 0.4) is 0 Å². The number of carboxylic acid groups (broad SMARTS) is 1. The summed E-state index contributed by atoms with van der Waals surface area (Å²) in [7, 11) is 0. The van der Waals surface area contributed by atoms with E-state index in [9.17, 15) is 14.4 Å². The fourth-order valence-corrected chi connectivity index (χ4v) is 4.55. The molecular formula is C31H52N2O4. The summed E-state index contributed by atoms with van der Waals surface area (Å²) in [6.45, 7) is 2.84. The van der Waals surface area contributed by atoms with Crippen LogP contribution in [0.5, 0.6) is 0 Å². The minimum Gasteiger partial charge on any atom is -0.481 e. The molecule has 0 saturated carbocycles. The molecule has 0 aliphatic rings. The molecule has 0 aromatic heterocycles. The van der Waals surface area contributed by atoms with Crippen LogP contribution in [-0.4, -0.2) is 29.4 Å². The highest BCUT2D eigenvalue weighted by Crippen LogP contribution is 2.15. The minimum absolute atomic E-state index is 0.0599. The predicted molar refractivity (Wildman–Crippen MR) is 151 cm³/mol. The van der Waals surface area contributed by atoms with Gasteiger partial charge in [-0.3, -0.25) is 14.4 Å². The maximum atomic E-state index is 12.9. The fourth-order valence-electron chi connectivity index (χ4n) is 4.55. The summed E-state index contributed by atoms with van der Waals surface area (Å²) in [5.74, 6) is -0.921. The van der Waals surface area contributed by atoms with Crippen LogP contribution in [0.4, 0.5) is 0 Å². The standard InChI is InChI=1S/C31H52N2O4/c1-2-3-4-5-6-7-10-13-19-24-28(34)33-30(27-22-17-16-18-23-27)31(37)32-26-21-15-12-9-8-11-14-20-25-29(35)36/h16-18,22-23,30H,2-15,19-21,24-26H2,1H3,(H,32,37)(H,33,34)(H,35,36)/t30-/m0/s1. The second-order valence-electron chi connectivity index (χ2n) is 10.3. The Hall–Kier alpha value is -2.37. The quantitative estimate of drug-likeness (QED) is 0.124. The normalized spacial score (nSPS) is 11.7. The van der Waals surface area contributed by atoms with Crippen molar-refractivity contribution in [1.82, 2.24) is 10.6 Å². The summed E-state index contributed by atoms with van der Waals surface area (Å²) in [4.78, 5) is 36.0. The number of hydrogen-bond donors (Lipinski definition) is 3. The van der Waals surface area contributed by atoms with E-state index in [0.29, 0.717) is 13.0 Å². The van der Waals surface area contributed by atoms with Gasteiger partial charge in [0.05, 0.1) is 0 Å². The van der Waals surface area contributed by atoms with Crippen LogP contribution in [-0.2, 0) is 14.4 Å². The molecule has 0 radical (unpaired) electrons. The van der Waals surface area contributed by atoms with Crippen molar-refractivity contribution in [3.63, 3.8) is 0 Å². The van der Waals surface area contributed by atoms with Gasteiger partial charge in [-0.2, -0.15) is 0 Å². The Morgan fingerprint density at radius 3 is 1.70 bits per heavy atom. The Labute approximate surface area is 225 Å². The summed E-state index contributed by atoms with van der Waals surface area (Å²) in [6.07, 6.45) is 19.8. The Morgan fingerprint density at radius 1 is 0.676 bits per heavy atom. The number of rotatable bonds is 24. The molecular weight excluding hydrogens is 464 g/mol. The maximum Gasteiger partial charge on any atom is 0.303 e. The molecule has 6 heteroatoms. The highest BCUT2D eigenvalue weighted by atomic mass is 16.4. The number of carbonyl (C=O) groups excluding carboxylic acids is 2. The first-order valence-electron chi connectivity index (χ1n) is 14.9. The molecule has 0 saturated heterocycles. The third-order valence-corrected chi connectivity index (χ3v) is 6.82. The first-order chi connectivity index (χ1) is 18.0. The molecule has 0 heterocycles. The summed E-state index contributed by atoms with van der Waals surface area (Å²) >= 11 is 0. The molecule has 1 aromatic carbocycles. The van der Waals surface area contributed by atoms with Gasteiger partial charge in [-0.1, -0.05) is 127 Å². The molecule has 0 spiro atoms. The molecule has 210 valence electrons. The number of unbranched alkanes of at least 4 members (excludes halogenated alkanes) is 15. The average Bonchev–Trinajstić information content (AvgIpc) is 2.89. The number of benzene rings is 1. The lowest BCUT2D eigenvalue weighted by Crippen LogP contribution is -2.40. The van der Waals surface area contributed by atoms with E-state index >= 15 is 0 Å². The monoisotopic (exact) mass is 516 g/mol. The van der Waals surface area contributed by atoms with Gasteiger partial charge in [-0.05, 0) is 24.8 Å². The molecule has 0 aliphatic heterocycles. The molecule has 1 atom stereocenters. The topological polar surface area (TPSA) is 95.5 Å². The van der Waals surface area contributed by atoms with Crippen molar-refractivity contribution in [2.75, 3.05) is 6.54 Å². The van der Waals surface area contributed by atoms with E-state index in [-0.39, 0.29) is 18.2 Å². The van der Waals surface area contributed by atoms with Crippen LogP contribution in [0.2, 0.25) is 0 Å². The second kappa shape index (κ2) is 22.8. The van der Waals surface area contributed by atoms with Gasteiger partial charge in [0.25, 0.3) is 0 Å². The average molecular weight is 517 g/mol. The van der Waals surface area contributed by atoms with Crippen molar-refractivity contribution in [2.45, 2.75) is 135 Å². The van der Waals surface area contributed by atoms with Gasteiger partial charge in [-0.15, -0.1) is 0 Å². The highest BCUT2D eigenvalue weighted by molar-refractivity contribution is 5.88.